The van der Waals surface area contributed by atoms with Crippen molar-refractivity contribution in [1.82, 2.24) is 15.5 Å². The number of rotatable bonds is 10. The standard InChI is InChI=1S/C22H23ClN4O2S2/c1-2-3-14-30-18-11-7-5-9-16(18)21(29)25-22-27-26-19(31-22)12-13-24-20(28)15-8-4-6-10-17(15)23/h4-11H,2-3,12-14H2,1H3,(H,24,28)(H,25,27,29). The Morgan fingerprint density at radius 3 is 2.55 bits per heavy atom. The van der Waals surface area contributed by atoms with Gasteiger partial charge >= 0.3 is 0 Å². The van der Waals surface area contributed by atoms with Gasteiger partial charge in [-0.25, -0.2) is 0 Å². The molecule has 0 radical (unpaired) electrons. The minimum atomic E-state index is -0.235. The van der Waals surface area contributed by atoms with Crippen LogP contribution in [0.5, 0.6) is 0 Å². The summed E-state index contributed by atoms with van der Waals surface area (Å²) in [5.74, 6) is 0.541. The van der Waals surface area contributed by atoms with Gasteiger partial charge in [0.25, 0.3) is 11.8 Å². The van der Waals surface area contributed by atoms with E-state index in [0.717, 1.165) is 28.5 Å². The second-order valence-corrected chi connectivity index (χ2v) is 9.25. The molecular formula is C22H23ClN4O2S2. The summed E-state index contributed by atoms with van der Waals surface area (Å²) in [7, 11) is 0. The Labute approximate surface area is 194 Å². The van der Waals surface area contributed by atoms with E-state index in [1.165, 1.54) is 11.3 Å². The zero-order chi connectivity index (χ0) is 22.1. The third kappa shape index (κ3) is 6.78. The summed E-state index contributed by atoms with van der Waals surface area (Å²) in [6.07, 6.45) is 2.73. The van der Waals surface area contributed by atoms with E-state index in [4.69, 9.17) is 11.6 Å². The highest BCUT2D eigenvalue weighted by molar-refractivity contribution is 7.99. The van der Waals surface area contributed by atoms with Crippen LogP contribution in [0.4, 0.5) is 5.13 Å². The van der Waals surface area contributed by atoms with Gasteiger partial charge in [-0.15, -0.1) is 22.0 Å². The summed E-state index contributed by atoms with van der Waals surface area (Å²) in [6, 6.07) is 14.5. The first kappa shape index (κ1) is 23.2. The lowest BCUT2D eigenvalue weighted by Gasteiger charge is -2.08. The van der Waals surface area contributed by atoms with E-state index in [2.05, 4.69) is 27.8 Å². The molecule has 2 aromatic carbocycles. The van der Waals surface area contributed by atoms with Gasteiger partial charge in [0.05, 0.1) is 16.1 Å². The number of carbonyl (C=O) groups excluding carboxylic acids is 2. The van der Waals surface area contributed by atoms with Crippen molar-refractivity contribution in [3.05, 3.63) is 69.7 Å². The van der Waals surface area contributed by atoms with E-state index >= 15 is 0 Å². The Morgan fingerprint density at radius 1 is 1.03 bits per heavy atom. The summed E-state index contributed by atoms with van der Waals surface area (Å²) >= 11 is 9.02. The van der Waals surface area contributed by atoms with Crippen LogP contribution in [-0.4, -0.2) is 34.3 Å². The molecule has 0 atom stereocenters. The Hall–Kier alpha value is -2.42. The van der Waals surface area contributed by atoms with Crippen LogP contribution in [-0.2, 0) is 6.42 Å². The van der Waals surface area contributed by atoms with E-state index in [9.17, 15) is 9.59 Å². The van der Waals surface area contributed by atoms with Crippen LogP contribution >= 0.6 is 34.7 Å². The molecule has 3 aromatic rings. The number of benzene rings is 2. The zero-order valence-electron chi connectivity index (χ0n) is 17.1. The molecule has 31 heavy (non-hydrogen) atoms. The zero-order valence-corrected chi connectivity index (χ0v) is 19.4. The fourth-order valence-electron chi connectivity index (χ4n) is 2.70. The molecule has 1 aromatic heterocycles. The van der Waals surface area contributed by atoms with E-state index in [1.807, 2.05) is 24.3 Å². The maximum absolute atomic E-state index is 12.7. The van der Waals surface area contributed by atoms with Crippen molar-refractivity contribution in [3.8, 4) is 0 Å². The molecule has 6 nitrogen and oxygen atoms in total. The van der Waals surface area contributed by atoms with Crippen LogP contribution in [0.25, 0.3) is 0 Å². The molecule has 0 saturated heterocycles. The summed E-state index contributed by atoms with van der Waals surface area (Å²) in [5.41, 5.74) is 1.07. The predicted molar refractivity (Wildman–Crippen MR) is 127 cm³/mol. The van der Waals surface area contributed by atoms with Gasteiger partial charge in [-0.1, -0.05) is 60.5 Å². The smallest absolute Gasteiger partial charge is 0.258 e. The lowest BCUT2D eigenvalue weighted by atomic mass is 10.2. The molecule has 3 rings (SSSR count). The van der Waals surface area contributed by atoms with E-state index in [0.29, 0.717) is 34.2 Å². The van der Waals surface area contributed by atoms with Crippen molar-refractivity contribution in [1.29, 1.82) is 0 Å². The number of nitrogens with zero attached hydrogens (tertiary/aromatic N) is 2. The SMILES string of the molecule is CCCCSc1ccccc1C(=O)Nc1nnc(CCNC(=O)c2ccccc2Cl)s1. The third-order valence-electron chi connectivity index (χ3n) is 4.32. The average Bonchev–Trinajstić information content (AvgIpc) is 3.21. The molecule has 2 amide bonds. The number of halogens is 1. The second kappa shape index (κ2) is 11.8. The van der Waals surface area contributed by atoms with Crippen molar-refractivity contribution in [2.24, 2.45) is 0 Å². The number of thioether (sulfide) groups is 1. The van der Waals surface area contributed by atoms with Crippen LogP contribution in [0.1, 0.15) is 45.5 Å². The number of hydrogen-bond donors (Lipinski definition) is 2. The van der Waals surface area contributed by atoms with Gasteiger partial charge in [-0.05, 0) is 36.4 Å². The highest BCUT2D eigenvalue weighted by Gasteiger charge is 2.14. The molecule has 0 bridgehead atoms. The summed E-state index contributed by atoms with van der Waals surface area (Å²) in [5, 5.41) is 15.4. The molecule has 0 saturated carbocycles. The average molecular weight is 475 g/mol. The molecular weight excluding hydrogens is 452 g/mol. The molecule has 2 N–H and O–H groups in total. The minimum absolute atomic E-state index is 0.200. The number of aromatic nitrogens is 2. The van der Waals surface area contributed by atoms with Crippen LogP contribution in [0.2, 0.25) is 5.02 Å². The van der Waals surface area contributed by atoms with Crippen molar-refractivity contribution >= 4 is 51.6 Å². The molecule has 0 spiro atoms. The van der Waals surface area contributed by atoms with Gasteiger partial charge in [0, 0.05) is 17.9 Å². The maximum atomic E-state index is 12.7. The largest absolute Gasteiger partial charge is 0.352 e. The summed E-state index contributed by atoms with van der Waals surface area (Å²) in [6.45, 7) is 2.54. The summed E-state index contributed by atoms with van der Waals surface area (Å²) in [4.78, 5) is 25.9. The van der Waals surface area contributed by atoms with Gasteiger partial charge in [0.1, 0.15) is 5.01 Å². The van der Waals surface area contributed by atoms with Crippen molar-refractivity contribution in [3.63, 3.8) is 0 Å². The van der Waals surface area contributed by atoms with E-state index in [1.54, 1.807) is 36.0 Å². The Bertz CT molecular complexity index is 1040. The van der Waals surface area contributed by atoms with Gasteiger partial charge in [-0.2, -0.15) is 0 Å². The van der Waals surface area contributed by atoms with E-state index < -0.39 is 0 Å². The van der Waals surface area contributed by atoms with Crippen LogP contribution in [0.3, 0.4) is 0 Å². The second-order valence-electron chi connectivity index (χ2n) is 6.64. The number of unbranched alkanes of at least 4 members (excludes halogenated alkanes) is 1. The van der Waals surface area contributed by atoms with Crippen molar-refractivity contribution in [2.75, 3.05) is 17.6 Å². The molecule has 0 unspecified atom stereocenters. The first-order valence-electron chi connectivity index (χ1n) is 9.96. The number of nitrogens with one attached hydrogen (secondary N) is 2. The molecule has 162 valence electrons. The number of anilines is 1. The molecule has 1 heterocycles. The number of hydrogen-bond acceptors (Lipinski definition) is 6. The highest BCUT2D eigenvalue weighted by Crippen LogP contribution is 2.25. The Morgan fingerprint density at radius 2 is 1.77 bits per heavy atom. The lowest BCUT2D eigenvalue weighted by molar-refractivity contribution is 0.0953. The fraction of sp³-hybridized carbons (Fsp3) is 0.273. The first-order valence-corrected chi connectivity index (χ1v) is 12.1. The van der Waals surface area contributed by atoms with Crippen molar-refractivity contribution in [2.45, 2.75) is 31.1 Å². The van der Waals surface area contributed by atoms with Crippen LogP contribution < -0.4 is 10.6 Å². The topological polar surface area (TPSA) is 84.0 Å². The van der Waals surface area contributed by atoms with Crippen LogP contribution in [0, 0.1) is 0 Å². The monoisotopic (exact) mass is 474 g/mol. The quantitative estimate of drug-likeness (QED) is 0.307. The molecule has 0 fully saturated rings. The first-order chi connectivity index (χ1) is 15.1. The van der Waals surface area contributed by atoms with Gasteiger partial charge in [0.15, 0.2) is 0 Å². The van der Waals surface area contributed by atoms with Crippen molar-refractivity contribution < 1.29 is 9.59 Å². The van der Waals surface area contributed by atoms with Gasteiger partial charge in [0.2, 0.25) is 5.13 Å². The normalized spacial score (nSPS) is 10.6. The van der Waals surface area contributed by atoms with Gasteiger partial charge < -0.3 is 5.32 Å². The molecule has 0 aliphatic heterocycles. The molecule has 0 aliphatic carbocycles. The maximum Gasteiger partial charge on any atom is 0.258 e. The van der Waals surface area contributed by atoms with E-state index in [-0.39, 0.29) is 11.8 Å². The predicted octanol–water partition coefficient (Wildman–Crippen LogP) is 5.31. The minimum Gasteiger partial charge on any atom is -0.352 e. The van der Waals surface area contributed by atoms with Crippen LogP contribution in [0.15, 0.2) is 53.4 Å². The Kier molecular flexibility index (Phi) is 8.87. The summed E-state index contributed by atoms with van der Waals surface area (Å²) < 4.78 is 0. The Balaban J connectivity index is 1.53. The number of carbonyl (C=O) groups is 2. The number of amides is 2. The fourth-order valence-corrected chi connectivity index (χ4v) is 4.80. The highest BCUT2D eigenvalue weighted by atomic mass is 35.5. The molecule has 0 aliphatic rings. The third-order valence-corrected chi connectivity index (χ3v) is 6.71. The van der Waals surface area contributed by atoms with Gasteiger partial charge in [-0.3, -0.25) is 14.9 Å². The molecule has 9 heteroatoms. The lowest BCUT2D eigenvalue weighted by Crippen LogP contribution is -2.25.